The molecule has 0 aliphatic carbocycles. The topological polar surface area (TPSA) is 61.4 Å². The van der Waals surface area contributed by atoms with Crippen LogP contribution in [-0.2, 0) is 9.59 Å². The number of para-hydroxylation sites is 1. The van der Waals surface area contributed by atoms with Gasteiger partial charge in [0.1, 0.15) is 0 Å². The average Bonchev–Trinajstić information content (AvgIpc) is 2.58. The number of nitrogens with zero attached hydrogens (tertiary/aromatic N) is 1. The van der Waals surface area contributed by atoms with Crippen LogP contribution in [0.5, 0.6) is 0 Å². The molecule has 0 aliphatic heterocycles. The molecule has 0 saturated carbocycles. The Morgan fingerprint density at radius 1 is 1.04 bits per heavy atom. The summed E-state index contributed by atoms with van der Waals surface area (Å²) in [5.41, 5.74) is 0.587. The van der Waals surface area contributed by atoms with E-state index in [1.54, 1.807) is 30.3 Å². The molecule has 0 fully saturated rings. The maximum absolute atomic E-state index is 13.7. The number of likely N-dealkylation sites (N-methyl/N-ethyl adjacent to an activating group) is 1. The van der Waals surface area contributed by atoms with Gasteiger partial charge in [-0.2, -0.15) is 0 Å². The number of rotatable bonds is 6. The Morgan fingerprint density at radius 3 is 2.40 bits per heavy atom. The number of carbonyl (C=O) groups is 2. The zero-order valence-electron chi connectivity index (χ0n) is 13.4. The van der Waals surface area contributed by atoms with E-state index >= 15 is 0 Å². The van der Waals surface area contributed by atoms with Crippen molar-refractivity contribution >= 4 is 46.4 Å². The Morgan fingerprint density at radius 2 is 1.68 bits per heavy atom. The fourth-order valence-corrected chi connectivity index (χ4v) is 2.36. The lowest BCUT2D eigenvalue weighted by Gasteiger charge is -2.18. The predicted octanol–water partition coefficient (Wildman–Crippen LogP) is 3.64. The second-order valence-electron chi connectivity index (χ2n) is 5.23. The molecule has 0 aromatic heterocycles. The smallest absolute Gasteiger partial charge is 0.244 e. The van der Waals surface area contributed by atoms with Gasteiger partial charge in [0.25, 0.3) is 0 Å². The van der Waals surface area contributed by atoms with Crippen molar-refractivity contribution in [1.29, 1.82) is 0 Å². The van der Waals surface area contributed by atoms with Gasteiger partial charge >= 0.3 is 0 Å². The fourth-order valence-electron chi connectivity index (χ4n) is 2.00. The summed E-state index contributed by atoms with van der Waals surface area (Å²) in [6.45, 7) is -0.336. The lowest BCUT2D eigenvalue weighted by molar-refractivity contribution is -0.131. The number of nitrogens with one attached hydrogen (secondary N) is 2. The molecule has 2 amide bonds. The predicted molar refractivity (Wildman–Crippen MR) is 97.6 cm³/mol. The van der Waals surface area contributed by atoms with Crippen LogP contribution in [0.1, 0.15) is 0 Å². The van der Waals surface area contributed by atoms with Crippen molar-refractivity contribution in [2.24, 2.45) is 0 Å². The van der Waals surface area contributed by atoms with Gasteiger partial charge in [0.15, 0.2) is 5.82 Å². The largest absolute Gasteiger partial charge is 0.374 e. The zero-order valence-corrected chi connectivity index (χ0v) is 14.9. The molecule has 0 spiro atoms. The standard InChI is InChI=1S/C17H16Cl2FN3O2/c1-23(10-15(24)22-13-7-3-2-5-11(13)18)16(25)9-21-14-8-4-6-12(19)17(14)20/h2-8,21H,9-10H2,1H3,(H,22,24). The van der Waals surface area contributed by atoms with Crippen LogP contribution in [0.25, 0.3) is 0 Å². The highest BCUT2D eigenvalue weighted by molar-refractivity contribution is 6.33. The van der Waals surface area contributed by atoms with Crippen LogP contribution >= 0.6 is 23.2 Å². The molecule has 0 atom stereocenters. The Balaban J connectivity index is 1.86. The van der Waals surface area contributed by atoms with Gasteiger partial charge in [-0.25, -0.2) is 4.39 Å². The number of hydrogen-bond acceptors (Lipinski definition) is 3. The van der Waals surface area contributed by atoms with E-state index in [1.807, 2.05) is 0 Å². The highest BCUT2D eigenvalue weighted by atomic mass is 35.5. The van der Waals surface area contributed by atoms with Crippen LogP contribution in [0.15, 0.2) is 42.5 Å². The van der Waals surface area contributed by atoms with Gasteiger partial charge in [-0.15, -0.1) is 0 Å². The summed E-state index contributed by atoms with van der Waals surface area (Å²) in [5.74, 6) is -1.40. The third kappa shape index (κ3) is 5.34. The first-order valence-corrected chi connectivity index (χ1v) is 8.10. The van der Waals surface area contributed by atoms with Crippen LogP contribution < -0.4 is 10.6 Å². The summed E-state index contributed by atoms with van der Waals surface area (Å²) in [6.07, 6.45) is 0. The lowest BCUT2D eigenvalue weighted by atomic mass is 10.3. The summed E-state index contributed by atoms with van der Waals surface area (Å²) >= 11 is 11.6. The average molecular weight is 384 g/mol. The van der Waals surface area contributed by atoms with Crippen molar-refractivity contribution in [1.82, 2.24) is 4.90 Å². The summed E-state index contributed by atoms with van der Waals surface area (Å²) in [6, 6.07) is 11.2. The molecule has 2 aromatic carbocycles. The van der Waals surface area contributed by atoms with Crippen molar-refractivity contribution in [3.8, 4) is 0 Å². The highest BCUT2D eigenvalue weighted by Gasteiger charge is 2.15. The van der Waals surface area contributed by atoms with Gasteiger partial charge in [-0.3, -0.25) is 9.59 Å². The van der Waals surface area contributed by atoms with E-state index in [1.165, 1.54) is 24.1 Å². The second-order valence-corrected chi connectivity index (χ2v) is 6.05. The Labute approximate surface area is 154 Å². The van der Waals surface area contributed by atoms with Gasteiger partial charge in [-0.05, 0) is 24.3 Å². The number of anilines is 2. The van der Waals surface area contributed by atoms with Gasteiger partial charge in [0.2, 0.25) is 11.8 Å². The molecule has 0 heterocycles. The van der Waals surface area contributed by atoms with Gasteiger partial charge in [-0.1, -0.05) is 41.4 Å². The Hall–Kier alpha value is -2.31. The third-order valence-electron chi connectivity index (χ3n) is 3.34. The monoisotopic (exact) mass is 383 g/mol. The van der Waals surface area contributed by atoms with Gasteiger partial charge in [0, 0.05) is 7.05 Å². The maximum atomic E-state index is 13.7. The molecule has 2 aromatic rings. The molecule has 8 heteroatoms. The number of halogens is 3. The Bertz CT molecular complexity index is 786. The van der Waals surface area contributed by atoms with Crippen LogP contribution in [0, 0.1) is 5.82 Å². The fraction of sp³-hybridized carbons (Fsp3) is 0.176. The summed E-state index contributed by atoms with van der Waals surface area (Å²) in [5, 5.41) is 5.66. The normalized spacial score (nSPS) is 10.2. The SMILES string of the molecule is CN(CC(=O)Nc1ccccc1Cl)C(=O)CNc1cccc(Cl)c1F. The maximum Gasteiger partial charge on any atom is 0.244 e. The van der Waals surface area contributed by atoms with Crippen LogP contribution in [0.3, 0.4) is 0 Å². The van der Waals surface area contributed by atoms with Gasteiger partial charge < -0.3 is 15.5 Å². The van der Waals surface area contributed by atoms with Crippen molar-refractivity contribution in [3.63, 3.8) is 0 Å². The third-order valence-corrected chi connectivity index (χ3v) is 3.96. The molecule has 2 rings (SSSR count). The van der Waals surface area contributed by atoms with Crippen LogP contribution in [0.2, 0.25) is 10.0 Å². The van der Waals surface area contributed by atoms with E-state index in [0.29, 0.717) is 10.7 Å². The first-order chi connectivity index (χ1) is 11.9. The number of hydrogen-bond donors (Lipinski definition) is 2. The number of amides is 2. The molecule has 0 aliphatic rings. The van der Waals surface area contributed by atoms with E-state index in [4.69, 9.17) is 23.2 Å². The van der Waals surface area contributed by atoms with E-state index < -0.39 is 11.7 Å². The zero-order chi connectivity index (χ0) is 18.4. The quantitative estimate of drug-likeness (QED) is 0.800. The highest BCUT2D eigenvalue weighted by Crippen LogP contribution is 2.22. The molecule has 5 nitrogen and oxygen atoms in total. The first-order valence-electron chi connectivity index (χ1n) is 7.34. The second kappa shape index (κ2) is 8.69. The van der Waals surface area contributed by atoms with Crippen LogP contribution in [0.4, 0.5) is 15.8 Å². The molecule has 132 valence electrons. The minimum absolute atomic E-state index is 0.0371. The summed E-state index contributed by atoms with van der Waals surface area (Å²) in [4.78, 5) is 25.3. The molecular formula is C17H16Cl2FN3O2. The van der Waals surface area contributed by atoms with Crippen LogP contribution in [-0.4, -0.2) is 36.9 Å². The molecule has 2 N–H and O–H groups in total. The lowest BCUT2D eigenvalue weighted by Crippen LogP contribution is -2.38. The van der Waals surface area contributed by atoms with Crippen molar-refractivity contribution in [3.05, 3.63) is 58.3 Å². The minimum Gasteiger partial charge on any atom is -0.374 e. The minimum atomic E-state index is -0.629. The molecular weight excluding hydrogens is 368 g/mol. The van der Waals surface area contributed by atoms with Crippen molar-refractivity contribution < 1.29 is 14.0 Å². The first kappa shape index (κ1) is 19.0. The molecule has 0 saturated heterocycles. The number of carbonyl (C=O) groups excluding carboxylic acids is 2. The summed E-state index contributed by atoms with van der Waals surface area (Å²) < 4.78 is 13.7. The van der Waals surface area contributed by atoms with E-state index in [-0.39, 0.29) is 29.7 Å². The van der Waals surface area contributed by atoms with Gasteiger partial charge in [0.05, 0.1) is 34.5 Å². The van der Waals surface area contributed by atoms with Crippen molar-refractivity contribution in [2.45, 2.75) is 0 Å². The van der Waals surface area contributed by atoms with Crippen molar-refractivity contribution in [2.75, 3.05) is 30.8 Å². The Kier molecular flexibility index (Phi) is 6.61. The van der Waals surface area contributed by atoms with E-state index in [0.717, 1.165) is 0 Å². The molecule has 0 unspecified atom stereocenters. The summed E-state index contributed by atoms with van der Waals surface area (Å²) in [7, 11) is 1.48. The van der Waals surface area contributed by atoms with E-state index in [9.17, 15) is 14.0 Å². The van der Waals surface area contributed by atoms with E-state index in [2.05, 4.69) is 10.6 Å². The number of benzene rings is 2. The molecule has 0 bridgehead atoms. The molecule has 0 radical (unpaired) electrons. The molecule has 25 heavy (non-hydrogen) atoms.